The zero-order valence-corrected chi connectivity index (χ0v) is 15.0. The van der Waals surface area contributed by atoms with Crippen LogP contribution >= 0.6 is 0 Å². The molecule has 26 heavy (non-hydrogen) atoms. The first-order valence-corrected chi connectivity index (χ1v) is 8.57. The van der Waals surface area contributed by atoms with Crippen molar-refractivity contribution in [3.63, 3.8) is 0 Å². The van der Waals surface area contributed by atoms with E-state index in [1.165, 1.54) is 12.5 Å². The molecule has 0 aliphatic rings. The van der Waals surface area contributed by atoms with Gasteiger partial charge in [0.1, 0.15) is 0 Å². The second-order valence-corrected chi connectivity index (χ2v) is 5.97. The van der Waals surface area contributed by atoms with Gasteiger partial charge < -0.3 is 16.0 Å². The number of amides is 3. The highest BCUT2D eigenvalue weighted by atomic mass is 16.2. The van der Waals surface area contributed by atoms with Crippen LogP contribution in [0.4, 0.5) is 17.1 Å². The second-order valence-electron chi connectivity index (χ2n) is 5.97. The van der Waals surface area contributed by atoms with Crippen molar-refractivity contribution in [3.05, 3.63) is 54.1 Å². The van der Waals surface area contributed by atoms with Gasteiger partial charge in [-0.05, 0) is 48.7 Å². The quantitative estimate of drug-likeness (QED) is 0.694. The lowest BCUT2D eigenvalue weighted by Crippen LogP contribution is -2.29. The maximum atomic E-state index is 12.0. The van der Waals surface area contributed by atoms with Crippen molar-refractivity contribution in [2.24, 2.45) is 0 Å². The zero-order chi connectivity index (χ0) is 18.9. The Labute approximate surface area is 153 Å². The summed E-state index contributed by atoms with van der Waals surface area (Å²) >= 11 is 0. The molecule has 0 aromatic heterocycles. The molecule has 0 aliphatic heterocycles. The Kier molecular flexibility index (Phi) is 6.91. The van der Waals surface area contributed by atoms with E-state index in [9.17, 15) is 14.4 Å². The van der Waals surface area contributed by atoms with Crippen molar-refractivity contribution >= 4 is 34.8 Å². The predicted octanol–water partition coefficient (Wildman–Crippen LogP) is 3.56. The number of anilines is 3. The number of carbonyl (C=O) groups excluding carboxylic acids is 3. The van der Waals surface area contributed by atoms with Gasteiger partial charge in [-0.3, -0.25) is 14.4 Å². The minimum atomic E-state index is -0.778. The number of carbonyl (C=O) groups is 3. The van der Waals surface area contributed by atoms with Gasteiger partial charge in [-0.1, -0.05) is 31.5 Å². The lowest BCUT2D eigenvalue weighted by molar-refractivity contribution is -0.132. The van der Waals surface area contributed by atoms with E-state index in [1.54, 1.807) is 36.4 Å². The molecule has 6 heteroatoms. The van der Waals surface area contributed by atoms with E-state index in [0.29, 0.717) is 17.1 Å². The van der Waals surface area contributed by atoms with E-state index in [2.05, 4.69) is 22.9 Å². The topological polar surface area (TPSA) is 87.3 Å². The summed E-state index contributed by atoms with van der Waals surface area (Å²) in [5.41, 5.74) is 2.73. The highest BCUT2D eigenvalue weighted by Crippen LogP contribution is 2.15. The van der Waals surface area contributed by atoms with E-state index in [0.717, 1.165) is 19.3 Å². The summed E-state index contributed by atoms with van der Waals surface area (Å²) in [5.74, 6) is -1.75. The number of nitrogens with one attached hydrogen (secondary N) is 3. The third-order valence-corrected chi connectivity index (χ3v) is 3.68. The summed E-state index contributed by atoms with van der Waals surface area (Å²) in [6.45, 7) is 3.53. The molecular formula is C20H23N3O3. The fourth-order valence-corrected chi connectivity index (χ4v) is 2.39. The number of hydrogen-bond donors (Lipinski definition) is 3. The van der Waals surface area contributed by atoms with E-state index in [4.69, 9.17) is 0 Å². The van der Waals surface area contributed by atoms with Gasteiger partial charge in [0.05, 0.1) is 0 Å². The van der Waals surface area contributed by atoms with Crippen molar-refractivity contribution in [2.75, 3.05) is 16.0 Å². The normalized spacial score (nSPS) is 10.1. The van der Waals surface area contributed by atoms with Gasteiger partial charge in [0.15, 0.2) is 0 Å². The highest BCUT2D eigenvalue weighted by Gasteiger charge is 2.14. The van der Waals surface area contributed by atoms with Crippen molar-refractivity contribution in [1.29, 1.82) is 0 Å². The first-order valence-electron chi connectivity index (χ1n) is 8.57. The van der Waals surface area contributed by atoms with E-state index in [-0.39, 0.29) is 5.91 Å². The monoisotopic (exact) mass is 353 g/mol. The molecule has 0 saturated carbocycles. The second kappa shape index (κ2) is 9.36. The molecule has 3 amide bonds. The molecule has 0 fully saturated rings. The van der Waals surface area contributed by atoms with Gasteiger partial charge >= 0.3 is 11.8 Å². The van der Waals surface area contributed by atoms with E-state index >= 15 is 0 Å². The van der Waals surface area contributed by atoms with Gasteiger partial charge in [-0.2, -0.15) is 0 Å². The summed E-state index contributed by atoms with van der Waals surface area (Å²) in [4.78, 5) is 35.2. The Balaban J connectivity index is 1.93. The summed E-state index contributed by atoms with van der Waals surface area (Å²) in [5, 5.41) is 7.70. The van der Waals surface area contributed by atoms with Gasteiger partial charge in [0.25, 0.3) is 0 Å². The summed E-state index contributed by atoms with van der Waals surface area (Å²) in [6.07, 6.45) is 3.24. The molecule has 0 saturated heterocycles. The molecular weight excluding hydrogens is 330 g/mol. The van der Waals surface area contributed by atoms with Crippen LogP contribution in [0.2, 0.25) is 0 Å². The molecule has 0 spiro atoms. The minimum Gasteiger partial charge on any atom is -0.326 e. The highest BCUT2D eigenvalue weighted by molar-refractivity contribution is 6.43. The van der Waals surface area contributed by atoms with Crippen molar-refractivity contribution in [3.8, 4) is 0 Å². The Morgan fingerprint density at radius 2 is 1.38 bits per heavy atom. The lowest BCUT2D eigenvalue weighted by Gasteiger charge is -2.09. The predicted molar refractivity (Wildman–Crippen MR) is 103 cm³/mol. The van der Waals surface area contributed by atoms with E-state index in [1.807, 2.05) is 12.1 Å². The molecule has 0 aliphatic carbocycles. The van der Waals surface area contributed by atoms with Crippen LogP contribution in [0.15, 0.2) is 48.5 Å². The van der Waals surface area contributed by atoms with E-state index < -0.39 is 11.8 Å². The molecule has 0 heterocycles. The fraction of sp³-hybridized carbons (Fsp3) is 0.250. The van der Waals surface area contributed by atoms with Crippen molar-refractivity contribution in [2.45, 2.75) is 33.1 Å². The smallest absolute Gasteiger partial charge is 0.314 e. The Bertz CT molecular complexity index is 785. The third kappa shape index (κ3) is 6.05. The molecule has 3 N–H and O–H groups in total. The molecule has 0 atom stereocenters. The zero-order valence-electron chi connectivity index (χ0n) is 15.0. The standard InChI is InChI=1S/C20H23N3O3/c1-3-4-6-15-9-11-16(12-10-15)22-19(25)20(26)23-18-8-5-7-17(13-18)21-14(2)24/h5,7-13H,3-4,6H2,1-2H3,(H,21,24)(H,22,25)(H,23,26). The molecule has 2 rings (SSSR count). The largest absolute Gasteiger partial charge is 0.326 e. The lowest BCUT2D eigenvalue weighted by atomic mass is 10.1. The first-order chi connectivity index (χ1) is 12.5. The number of aryl methyl sites for hydroxylation is 1. The average Bonchev–Trinajstić information content (AvgIpc) is 2.60. The Morgan fingerprint density at radius 3 is 1.96 bits per heavy atom. The third-order valence-electron chi connectivity index (χ3n) is 3.68. The Hall–Kier alpha value is -3.15. The summed E-state index contributed by atoms with van der Waals surface area (Å²) in [7, 11) is 0. The van der Waals surface area contributed by atoms with Crippen LogP contribution in [0.25, 0.3) is 0 Å². The van der Waals surface area contributed by atoms with Crippen LogP contribution in [-0.4, -0.2) is 17.7 Å². The number of rotatable bonds is 6. The molecule has 0 radical (unpaired) electrons. The van der Waals surface area contributed by atoms with Crippen LogP contribution < -0.4 is 16.0 Å². The molecule has 6 nitrogen and oxygen atoms in total. The van der Waals surface area contributed by atoms with Crippen LogP contribution in [0.5, 0.6) is 0 Å². The maximum absolute atomic E-state index is 12.0. The van der Waals surface area contributed by atoms with Crippen molar-refractivity contribution < 1.29 is 14.4 Å². The number of unbranched alkanes of at least 4 members (excludes halogenated alkanes) is 1. The number of hydrogen-bond acceptors (Lipinski definition) is 3. The van der Waals surface area contributed by atoms with Gasteiger partial charge in [0, 0.05) is 24.0 Å². The maximum Gasteiger partial charge on any atom is 0.314 e. The molecule has 2 aromatic rings. The number of benzene rings is 2. The van der Waals surface area contributed by atoms with Crippen molar-refractivity contribution in [1.82, 2.24) is 0 Å². The molecule has 136 valence electrons. The first kappa shape index (κ1) is 19.2. The molecule has 0 unspecified atom stereocenters. The SMILES string of the molecule is CCCCc1ccc(NC(=O)C(=O)Nc2cccc(NC(C)=O)c2)cc1. The minimum absolute atomic E-state index is 0.214. The summed E-state index contributed by atoms with van der Waals surface area (Å²) in [6, 6.07) is 14.0. The van der Waals surface area contributed by atoms with Gasteiger partial charge in [-0.25, -0.2) is 0 Å². The van der Waals surface area contributed by atoms with Crippen LogP contribution in [0.1, 0.15) is 32.3 Å². The van der Waals surface area contributed by atoms with Gasteiger partial charge in [-0.15, -0.1) is 0 Å². The summed E-state index contributed by atoms with van der Waals surface area (Å²) < 4.78 is 0. The average molecular weight is 353 g/mol. The molecule has 2 aromatic carbocycles. The van der Waals surface area contributed by atoms with Crippen LogP contribution in [0.3, 0.4) is 0 Å². The van der Waals surface area contributed by atoms with Gasteiger partial charge in [0.2, 0.25) is 5.91 Å². The van der Waals surface area contributed by atoms with Crippen LogP contribution in [-0.2, 0) is 20.8 Å². The van der Waals surface area contributed by atoms with Crippen LogP contribution in [0, 0.1) is 0 Å². The fourth-order valence-electron chi connectivity index (χ4n) is 2.39. The Morgan fingerprint density at radius 1 is 0.808 bits per heavy atom. The molecule has 0 bridgehead atoms.